The maximum Gasteiger partial charge on any atom is 0.240 e. The molecule has 106 valence electrons. The van der Waals surface area contributed by atoms with Crippen LogP contribution in [0.4, 0.5) is 5.82 Å². The minimum absolute atomic E-state index is 0.350. The second-order valence-electron chi connectivity index (χ2n) is 5.12. The Morgan fingerprint density at radius 3 is 2.95 bits per heavy atom. The summed E-state index contributed by atoms with van der Waals surface area (Å²) in [7, 11) is 0. The second-order valence-corrected chi connectivity index (χ2v) is 6.32. The predicted molar refractivity (Wildman–Crippen MR) is 77.8 cm³/mol. The van der Waals surface area contributed by atoms with E-state index >= 15 is 0 Å². The van der Waals surface area contributed by atoms with Gasteiger partial charge in [-0.25, -0.2) is 9.97 Å². The van der Waals surface area contributed by atoms with E-state index in [9.17, 15) is 9.90 Å². The van der Waals surface area contributed by atoms with Gasteiger partial charge in [-0.2, -0.15) is 0 Å². The Morgan fingerprint density at radius 1 is 1.50 bits per heavy atom. The number of rotatable bonds is 2. The minimum atomic E-state index is -0.558. The van der Waals surface area contributed by atoms with Crippen LogP contribution >= 0.6 is 11.3 Å². The van der Waals surface area contributed by atoms with Gasteiger partial charge in [-0.05, 0) is 19.4 Å². The number of β-amino-alcohol motifs (C(OH)–C–C–N with tert-alkyl or cyclic N) is 1. The van der Waals surface area contributed by atoms with Crippen LogP contribution in [0.5, 0.6) is 0 Å². The molecule has 0 radical (unpaired) electrons. The number of hydrogen-bond donors (Lipinski definition) is 2. The van der Waals surface area contributed by atoms with Crippen molar-refractivity contribution in [2.24, 2.45) is 5.73 Å². The average Bonchev–Trinajstić information content (AvgIpc) is 2.91. The van der Waals surface area contributed by atoms with Crippen molar-refractivity contribution in [2.75, 3.05) is 11.4 Å². The van der Waals surface area contributed by atoms with Crippen molar-refractivity contribution in [2.45, 2.75) is 32.4 Å². The van der Waals surface area contributed by atoms with Crippen LogP contribution in [0.3, 0.4) is 0 Å². The Hall–Kier alpha value is -1.73. The molecule has 0 unspecified atom stereocenters. The molecule has 3 N–H and O–H groups in total. The molecule has 3 rings (SSSR count). The van der Waals surface area contributed by atoms with Crippen LogP contribution < -0.4 is 10.6 Å². The molecule has 0 saturated carbocycles. The van der Waals surface area contributed by atoms with E-state index in [4.69, 9.17) is 5.73 Å². The van der Waals surface area contributed by atoms with Crippen LogP contribution in [0.15, 0.2) is 6.33 Å². The number of anilines is 1. The number of hydrogen-bond acceptors (Lipinski definition) is 6. The van der Waals surface area contributed by atoms with E-state index in [0.717, 1.165) is 15.8 Å². The highest BCUT2D eigenvalue weighted by Gasteiger charge is 2.36. The molecule has 1 fully saturated rings. The fraction of sp³-hybridized carbons (Fsp3) is 0.462. The van der Waals surface area contributed by atoms with Gasteiger partial charge in [0, 0.05) is 17.8 Å². The number of carbonyl (C=O) groups is 1. The minimum Gasteiger partial charge on any atom is -0.391 e. The number of carbonyl (C=O) groups excluding carboxylic acids is 1. The molecule has 0 aromatic carbocycles. The fourth-order valence-corrected chi connectivity index (χ4v) is 3.69. The third-order valence-electron chi connectivity index (χ3n) is 3.82. The normalized spacial score (nSPS) is 22.6. The molecule has 0 bridgehead atoms. The number of amides is 1. The number of thiophene rings is 1. The van der Waals surface area contributed by atoms with E-state index in [0.29, 0.717) is 18.8 Å². The summed E-state index contributed by atoms with van der Waals surface area (Å²) >= 11 is 1.61. The van der Waals surface area contributed by atoms with Crippen molar-refractivity contribution >= 4 is 33.3 Å². The van der Waals surface area contributed by atoms with Crippen LogP contribution in [0.1, 0.15) is 16.9 Å². The summed E-state index contributed by atoms with van der Waals surface area (Å²) in [4.78, 5) is 24.1. The van der Waals surface area contributed by atoms with E-state index < -0.39 is 18.1 Å². The molecule has 0 aliphatic carbocycles. The first kappa shape index (κ1) is 13.3. The molecule has 1 amide bonds. The molecule has 3 heterocycles. The summed E-state index contributed by atoms with van der Waals surface area (Å²) in [6, 6.07) is -0.511. The molecule has 20 heavy (non-hydrogen) atoms. The SMILES string of the molecule is Cc1sc2ncnc(N3C[C@H](O)C[C@@H]3C(N)=O)c2c1C. The third-order valence-corrected chi connectivity index (χ3v) is 4.94. The highest BCUT2D eigenvalue weighted by molar-refractivity contribution is 7.18. The van der Waals surface area contributed by atoms with Crippen molar-refractivity contribution in [3.05, 3.63) is 16.8 Å². The zero-order valence-corrected chi connectivity index (χ0v) is 12.1. The first-order valence-electron chi connectivity index (χ1n) is 6.43. The number of fused-ring (bicyclic) bond motifs is 1. The van der Waals surface area contributed by atoms with E-state index in [1.165, 1.54) is 11.2 Å². The van der Waals surface area contributed by atoms with Gasteiger partial charge in [0.25, 0.3) is 0 Å². The molecule has 2 aromatic rings. The van der Waals surface area contributed by atoms with Gasteiger partial charge in [-0.3, -0.25) is 4.79 Å². The lowest BCUT2D eigenvalue weighted by atomic mass is 10.1. The van der Waals surface area contributed by atoms with E-state index in [-0.39, 0.29) is 0 Å². The van der Waals surface area contributed by atoms with Gasteiger partial charge in [-0.15, -0.1) is 11.3 Å². The van der Waals surface area contributed by atoms with Gasteiger partial charge in [0.15, 0.2) is 0 Å². The third kappa shape index (κ3) is 1.94. The number of aliphatic hydroxyl groups is 1. The highest BCUT2D eigenvalue weighted by atomic mass is 32.1. The van der Waals surface area contributed by atoms with Crippen molar-refractivity contribution in [3.63, 3.8) is 0 Å². The molecule has 7 heteroatoms. The molecule has 2 aromatic heterocycles. The van der Waals surface area contributed by atoms with Gasteiger partial charge in [0.05, 0.1) is 11.5 Å². The van der Waals surface area contributed by atoms with Gasteiger partial charge in [-0.1, -0.05) is 0 Å². The molecular weight excluding hydrogens is 276 g/mol. The Balaban J connectivity index is 2.16. The number of nitrogens with zero attached hydrogens (tertiary/aromatic N) is 3. The monoisotopic (exact) mass is 292 g/mol. The number of aromatic nitrogens is 2. The van der Waals surface area contributed by atoms with Gasteiger partial charge < -0.3 is 15.7 Å². The maximum atomic E-state index is 11.6. The first-order valence-corrected chi connectivity index (χ1v) is 7.25. The number of aliphatic hydroxyl groups excluding tert-OH is 1. The average molecular weight is 292 g/mol. The lowest BCUT2D eigenvalue weighted by Crippen LogP contribution is -2.40. The van der Waals surface area contributed by atoms with Gasteiger partial charge in [0.2, 0.25) is 5.91 Å². The number of primary amides is 1. The van der Waals surface area contributed by atoms with Crippen molar-refractivity contribution in [1.82, 2.24) is 9.97 Å². The van der Waals surface area contributed by atoms with Crippen molar-refractivity contribution in [1.29, 1.82) is 0 Å². The molecule has 1 saturated heterocycles. The van der Waals surface area contributed by atoms with Gasteiger partial charge >= 0.3 is 0 Å². The number of nitrogens with two attached hydrogens (primary N) is 1. The standard InChI is InChI=1S/C13H16N4O2S/c1-6-7(2)20-13-10(6)12(15-5-16-13)17-4-8(18)3-9(17)11(14)19/h5,8-9,18H,3-4H2,1-2H3,(H2,14,19)/t8-,9-/m1/s1. The predicted octanol–water partition coefficient (Wildman–Crippen LogP) is 0.733. The first-order chi connectivity index (χ1) is 9.49. The smallest absolute Gasteiger partial charge is 0.240 e. The van der Waals surface area contributed by atoms with E-state index in [2.05, 4.69) is 9.97 Å². The van der Waals surface area contributed by atoms with Crippen LogP contribution in [-0.2, 0) is 4.79 Å². The summed E-state index contributed by atoms with van der Waals surface area (Å²) in [6.07, 6.45) is 1.29. The van der Waals surface area contributed by atoms with Crippen LogP contribution in [-0.4, -0.2) is 39.7 Å². The van der Waals surface area contributed by atoms with E-state index in [1.54, 1.807) is 16.2 Å². The second kappa shape index (κ2) is 4.68. The topological polar surface area (TPSA) is 92.3 Å². The number of aryl methyl sites for hydroxylation is 2. The summed E-state index contributed by atoms with van der Waals surface area (Å²) in [5.74, 6) is 0.259. The maximum absolute atomic E-state index is 11.6. The summed E-state index contributed by atoms with van der Waals surface area (Å²) in [5, 5.41) is 10.8. The lowest BCUT2D eigenvalue weighted by molar-refractivity contribution is -0.119. The van der Waals surface area contributed by atoms with Crippen molar-refractivity contribution in [3.8, 4) is 0 Å². The Kier molecular flexibility index (Phi) is 3.10. The summed E-state index contributed by atoms with van der Waals surface area (Å²) in [6.45, 7) is 4.43. The molecule has 6 nitrogen and oxygen atoms in total. The van der Waals surface area contributed by atoms with Gasteiger partial charge in [0.1, 0.15) is 23.0 Å². The van der Waals surface area contributed by atoms with Crippen LogP contribution in [0.2, 0.25) is 0 Å². The zero-order chi connectivity index (χ0) is 14.4. The largest absolute Gasteiger partial charge is 0.391 e. The van der Waals surface area contributed by atoms with E-state index in [1.807, 2.05) is 13.8 Å². The molecule has 1 aliphatic rings. The van der Waals surface area contributed by atoms with Crippen LogP contribution in [0.25, 0.3) is 10.2 Å². The summed E-state index contributed by atoms with van der Waals surface area (Å²) < 4.78 is 0. The fourth-order valence-electron chi connectivity index (χ4n) is 2.70. The molecule has 1 aliphatic heterocycles. The summed E-state index contributed by atoms with van der Waals surface area (Å²) in [5.41, 5.74) is 6.56. The Morgan fingerprint density at radius 2 is 2.25 bits per heavy atom. The quantitative estimate of drug-likeness (QED) is 0.851. The van der Waals surface area contributed by atoms with Crippen LogP contribution in [0, 0.1) is 13.8 Å². The molecule has 0 spiro atoms. The molecular formula is C13H16N4O2S. The Bertz CT molecular complexity index is 684. The highest BCUT2D eigenvalue weighted by Crippen LogP contribution is 2.36. The Labute approximate surface area is 120 Å². The zero-order valence-electron chi connectivity index (χ0n) is 11.3. The lowest BCUT2D eigenvalue weighted by Gasteiger charge is -2.23. The van der Waals surface area contributed by atoms with Crippen molar-refractivity contribution < 1.29 is 9.90 Å². The molecule has 2 atom stereocenters.